The van der Waals surface area contributed by atoms with Crippen molar-refractivity contribution in [3.8, 4) is 0 Å². The molecule has 1 atom stereocenters. The molecule has 140 valence electrons. The summed E-state index contributed by atoms with van der Waals surface area (Å²) in [7, 11) is 4.08. The zero-order valence-corrected chi connectivity index (χ0v) is 16.3. The van der Waals surface area contributed by atoms with Crippen molar-refractivity contribution in [2.75, 3.05) is 37.4 Å². The monoisotopic (exact) mass is 362 g/mol. The van der Waals surface area contributed by atoms with E-state index < -0.39 is 0 Å². The maximum Gasteiger partial charge on any atom is 0.279 e. The molecule has 3 aromatic rings. The van der Waals surface area contributed by atoms with Gasteiger partial charge in [-0.25, -0.2) is 0 Å². The molecule has 0 saturated heterocycles. The molecule has 0 radical (unpaired) electrons. The first-order valence-corrected chi connectivity index (χ1v) is 9.44. The summed E-state index contributed by atoms with van der Waals surface area (Å²) in [6.45, 7) is 4.31. The predicted octanol–water partition coefficient (Wildman–Crippen LogP) is 2.95. The molecule has 0 saturated carbocycles. The van der Waals surface area contributed by atoms with Crippen molar-refractivity contribution in [1.29, 1.82) is 0 Å². The summed E-state index contributed by atoms with van der Waals surface area (Å²) in [5, 5.41) is 5.30. The van der Waals surface area contributed by atoms with Gasteiger partial charge >= 0.3 is 0 Å². The lowest BCUT2D eigenvalue weighted by molar-refractivity contribution is -0.903. The normalized spacial score (nSPS) is 12.0. The molecule has 2 N–H and O–H groups in total. The minimum Gasteiger partial charge on any atom is -0.378 e. The van der Waals surface area contributed by atoms with E-state index in [4.69, 9.17) is 0 Å². The van der Waals surface area contributed by atoms with Crippen LogP contribution in [0.4, 0.5) is 11.4 Å². The van der Waals surface area contributed by atoms with Crippen LogP contribution >= 0.6 is 0 Å². The van der Waals surface area contributed by atoms with Gasteiger partial charge in [0, 0.05) is 36.4 Å². The van der Waals surface area contributed by atoms with Crippen LogP contribution in [-0.2, 0) is 11.3 Å². The van der Waals surface area contributed by atoms with Crippen molar-refractivity contribution in [2.24, 2.45) is 0 Å². The molecule has 3 aromatic carbocycles. The third kappa shape index (κ3) is 4.86. The highest BCUT2D eigenvalue weighted by Gasteiger charge is 2.14. The molecule has 0 fully saturated rings. The number of carbonyl (C=O) groups is 1. The van der Waals surface area contributed by atoms with E-state index in [1.807, 2.05) is 44.4 Å². The molecule has 1 unspecified atom stereocenters. The van der Waals surface area contributed by atoms with E-state index in [2.05, 4.69) is 53.5 Å². The van der Waals surface area contributed by atoms with Gasteiger partial charge in [-0.15, -0.1) is 0 Å². The fourth-order valence-corrected chi connectivity index (χ4v) is 3.27. The number of nitrogens with zero attached hydrogens (tertiary/aromatic N) is 1. The first-order valence-electron chi connectivity index (χ1n) is 9.44. The number of anilines is 2. The van der Waals surface area contributed by atoms with Gasteiger partial charge in [-0.2, -0.15) is 0 Å². The van der Waals surface area contributed by atoms with Crippen LogP contribution in [0.3, 0.4) is 0 Å². The number of carbonyl (C=O) groups excluding carboxylic acids is 1. The number of hydrogen-bond donors (Lipinski definition) is 2. The molecular weight excluding hydrogens is 334 g/mol. The van der Waals surface area contributed by atoms with E-state index in [1.54, 1.807) is 0 Å². The van der Waals surface area contributed by atoms with Gasteiger partial charge in [0.05, 0.1) is 6.54 Å². The second-order valence-corrected chi connectivity index (χ2v) is 7.09. The van der Waals surface area contributed by atoms with E-state index in [9.17, 15) is 4.79 Å². The molecule has 4 heteroatoms. The summed E-state index contributed by atoms with van der Waals surface area (Å²) in [6, 6.07) is 22.7. The van der Waals surface area contributed by atoms with E-state index in [1.165, 1.54) is 16.2 Å². The molecule has 0 heterocycles. The Bertz CT molecular complexity index is 898. The van der Waals surface area contributed by atoms with Crippen molar-refractivity contribution >= 4 is 28.1 Å². The second-order valence-electron chi connectivity index (χ2n) is 7.09. The Morgan fingerprint density at radius 2 is 1.67 bits per heavy atom. The lowest BCUT2D eigenvalue weighted by Crippen LogP contribution is -3.11. The van der Waals surface area contributed by atoms with Gasteiger partial charge in [-0.1, -0.05) is 48.5 Å². The van der Waals surface area contributed by atoms with E-state index in [0.717, 1.165) is 29.5 Å². The molecule has 4 nitrogen and oxygen atoms in total. The number of benzene rings is 3. The van der Waals surface area contributed by atoms with Crippen molar-refractivity contribution in [3.05, 3.63) is 72.3 Å². The first kappa shape index (κ1) is 18.9. The van der Waals surface area contributed by atoms with Gasteiger partial charge in [-0.05, 0) is 30.5 Å². The van der Waals surface area contributed by atoms with Crippen LogP contribution in [0.15, 0.2) is 66.7 Å². The van der Waals surface area contributed by atoms with E-state index >= 15 is 0 Å². The van der Waals surface area contributed by atoms with Crippen LogP contribution in [-0.4, -0.2) is 33.1 Å². The zero-order valence-electron chi connectivity index (χ0n) is 16.3. The van der Waals surface area contributed by atoms with Gasteiger partial charge < -0.3 is 15.1 Å². The van der Waals surface area contributed by atoms with Crippen LogP contribution < -0.4 is 15.1 Å². The zero-order chi connectivity index (χ0) is 19.2. The highest BCUT2D eigenvalue weighted by molar-refractivity contribution is 6.02. The average Bonchev–Trinajstić information content (AvgIpc) is 2.68. The number of nitrogens with one attached hydrogen (secondary N) is 2. The topological polar surface area (TPSA) is 36.8 Å². The Morgan fingerprint density at radius 3 is 2.37 bits per heavy atom. The number of fused-ring (bicyclic) bond motifs is 1. The van der Waals surface area contributed by atoms with Crippen LogP contribution in [0.1, 0.15) is 12.5 Å². The van der Waals surface area contributed by atoms with Gasteiger partial charge in [-0.3, -0.25) is 4.79 Å². The molecule has 1 amide bonds. The lowest BCUT2D eigenvalue weighted by Gasteiger charge is -2.18. The number of quaternary nitrogens is 1. The van der Waals surface area contributed by atoms with E-state index in [0.29, 0.717) is 6.54 Å². The Labute approximate surface area is 161 Å². The number of rotatable bonds is 7. The van der Waals surface area contributed by atoms with Gasteiger partial charge in [0.25, 0.3) is 5.91 Å². The molecular formula is C23H28N3O+. The summed E-state index contributed by atoms with van der Waals surface area (Å²) in [5.74, 6) is 0.0492. The molecule has 0 aromatic heterocycles. The van der Waals surface area contributed by atoms with Crippen LogP contribution in [0.5, 0.6) is 0 Å². The Hall–Kier alpha value is -2.85. The Kier molecular flexibility index (Phi) is 6.09. The fraction of sp³-hybridized carbons (Fsp3) is 0.261. The summed E-state index contributed by atoms with van der Waals surface area (Å²) < 4.78 is 0. The van der Waals surface area contributed by atoms with Gasteiger partial charge in [0.1, 0.15) is 6.54 Å². The molecule has 3 rings (SSSR count). The number of amides is 1. The molecule has 0 bridgehead atoms. The molecule has 0 spiro atoms. The van der Waals surface area contributed by atoms with Crippen molar-refractivity contribution in [2.45, 2.75) is 13.5 Å². The van der Waals surface area contributed by atoms with Crippen molar-refractivity contribution < 1.29 is 9.69 Å². The quantitative estimate of drug-likeness (QED) is 0.678. The SMILES string of the molecule is CC[NH+](CC(=O)Nc1cccc2ccccc12)Cc1ccc(N(C)C)cc1. The van der Waals surface area contributed by atoms with Gasteiger partial charge in [0.2, 0.25) is 0 Å². The smallest absolute Gasteiger partial charge is 0.279 e. The summed E-state index contributed by atoms with van der Waals surface area (Å²) in [4.78, 5) is 16.0. The Morgan fingerprint density at radius 1 is 0.963 bits per heavy atom. The van der Waals surface area contributed by atoms with Crippen LogP contribution in [0.2, 0.25) is 0 Å². The number of likely N-dealkylation sites (N-methyl/N-ethyl adjacent to an activating group) is 1. The fourth-order valence-electron chi connectivity index (χ4n) is 3.27. The standard InChI is InChI=1S/C23H27N3O/c1-4-26(16-18-12-14-20(15-13-18)25(2)3)17-23(27)24-22-11-7-9-19-8-5-6-10-21(19)22/h5-15H,4,16-17H2,1-3H3,(H,24,27)/p+1. The van der Waals surface area contributed by atoms with Crippen molar-refractivity contribution in [1.82, 2.24) is 0 Å². The minimum atomic E-state index is 0.0492. The lowest BCUT2D eigenvalue weighted by atomic mass is 10.1. The first-order chi connectivity index (χ1) is 13.1. The summed E-state index contributed by atoms with van der Waals surface area (Å²) >= 11 is 0. The molecule has 0 aliphatic heterocycles. The minimum absolute atomic E-state index is 0.0492. The van der Waals surface area contributed by atoms with Gasteiger partial charge in [0.15, 0.2) is 6.54 Å². The molecule has 27 heavy (non-hydrogen) atoms. The summed E-state index contributed by atoms with van der Waals surface area (Å²) in [5.41, 5.74) is 3.31. The average molecular weight is 362 g/mol. The maximum absolute atomic E-state index is 12.6. The Balaban J connectivity index is 1.64. The molecule has 0 aliphatic rings. The van der Waals surface area contributed by atoms with Crippen LogP contribution in [0.25, 0.3) is 10.8 Å². The highest BCUT2D eigenvalue weighted by Crippen LogP contribution is 2.22. The van der Waals surface area contributed by atoms with Crippen molar-refractivity contribution in [3.63, 3.8) is 0 Å². The second kappa shape index (κ2) is 8.69. The predicted molar refractivity (Wildman–Crippen MR) is 113 cm³/mol. The maximum atomic E-state index is 12.6. The third-order valence-electron chi connectivity index (χ3n) is 4.88. The number of hydrogen-bond acceptors (Lipinski definition) is 2. The van der Waals surface area contributed by atoms with Crippen LogP contribution in [0, 0.1) is 0 Å². The van der Waals surface area contributed by atoms with E-state index in [-0.39, 0.29) is 5.91 Å². The molecule has 0 aliphatic carbocycles. The largest absolute Gasteiger partial charge is 0.378 e. The highest BCUT2D eigenvalue weighted by atomic mass is 16.2. The third-order valence-corrected chi connectivity index (χ3v) is 4.88. The summed E-state index contributed by atoms with van der Waals surface area (Å²) in [6.07, 6.45) is 0.